The van der Waals surface area contributed by atoms with E-state index in [1.807, 2.05) is 0 Å². The van der Waals surface area contributed by atoms with Crippen LogP contribution < -0.4 is 0 Å². The average Bonchev–Trinajstić information content (AvgIpc) is 2.41. The molecule has 0 aliphatic carbocycles. The van der Waals surface area contributed by atoms with Crippen LogP contribution in [0, 0.1) is 5.92 Å². The Hall–Kier alpha value is -1.10. The van der Waals surface area contributed by atoms with Gasteiger partial charge in [-0.25, -0.2) is 0 Å². The molecular weight excluding hydrogens is 270 g/mol. The normalized spacial score (nSPS) is 13.7. The maximum absolute atomic E-state index is 11.7. The average molecular weight is 301 g/mol. The maximum atomic E-state index is 11.7. The van der Waals surface area contributed by atoms with Crippen LogP contribution in [0.4, 0.5) is 0 Å². The van der Waals surface area contributed by atoms with Crippen molar-refractivity contribution in [1.29, 1.82) is 0 Å². The molecule has 5 nitrogen and oxygen atoms in total. The number of unbranched alkanes of at least 4 members (excludes halogenated alkanes) is 7. The summed E-state index contributed by atoms with van der Waals surface area (Å²) in [7, 11) is 3.00. The van der Waals surface area contributed by atoms with Crippen molar-refractivity contribution in [2.75, 3.05) is 14.1 Å². The smallest absolute Gasteiger partial charge is 0.318 e. The Balaban J connectivity index is 3.92. The van der Waals surface area contributed by atoms with Gasteiger partial charge in [-0.15, -0.1) is 0 Å². The van der Waals surface area contributed by atoms with E-state index in [1.54, 1.807) is 0 Å². The Morgan fingerprint density at radius 1 is 0.952 bits per heavy atom. The summed E-state index contributed by atoms with van der Waals surface area (Å²) in [5.74, 6) is -3.14. The Kier molecular flexibility index (Phi) is 10.9. The van der Waals surface area contributed by atoms with Gasteiger partial charge in [0.1, 0.15) is 0 Å². The highest BCUT2D eigenvalue weighted by Crippen LogP contribution is 2.16. The number of rotatable bonds is 12. The van der Waals surface area contributed by atoms with Gasteiger partial charge in [0.05, 0.1) is 6.10 Å². The molecule has 0 aliphatic heterocycles. The maximum Gasteiger partial charge on any atom is 0.318 e. The quantitative estimate of drug-likeness (QED) is 0.429. The van der Waals surface area contributed by atoms with Crippen molar-refractivity contribution in [3.63, 3.8) is 0 Å². The van der Waals surface area contributed by atoms with E-state index in [0.29, 0.717) is 6.42 Å². The van der Waals surface area contributed by atoms with Crippen LogP contribution in [-0.4, -0.2) is 47.2 Å². The van der Waals surface area contributed by atoms with E-state index < -0.39 is 23.9 Å². The van der Waals surface area contributed by atoms with E-state index in [-0.39, 0.29) is 0 Å². The molecule has 0 aromatic rings. The van der Waals surface area contributed by atoms with E-state index in [1.165, 1.54) is 51.1 Å². The fourth-order valence-electron chi connectivity index (χ4n) is 2.37. The van der Waals surface area contributed by atoms with Crippen LogP contribution in [0.1, 0.15) is 64.7 Å². The van der Waals surface area contributed by atoms with Crippen LogP contribution in [0.5, 0.6) is 0 Å². The molecule has 124 valence electrons. The summed E-state index contributed by atoms with van der Waals surface area (Å²) in [6.07, 6.45) is 8.35. The van der Waals surface area contributed by atoms with E-state index in [0.717, 1.165) is 19.3 Å². The zero-order valence-corrected chi connectivity index (χ0v) is 13.7. The Morgan fingerprint density at radius 2 is 1.43 bits per heavy atom. The summed E-state index contributed by atoms with van der Waals surface area (Å²) in [5, 5.41) is 19.0. The molecule has 0 fully saturated rings. The summed E-state index contributed by atoms with van der Waals surface area (Å²) in [6, 6.07) is 0. The molecule has 5 heteroatoms. The molecule has 2 N–H and O–H groups in total. The lowest BCUT2D eigenvalue weighted by molar-refractivity contribution is -0.155. The molecule has 0 radical (unpaired) electrons. The molecule has 0 aliphatic rings. The van der Waals surface area contributed by atoms with E-state index in [4.69, 9.17) is 5.11 Å². The first-order valence-electron chi connectivity index (χ1n) is 8.03. The molecular formula is C16H31NO4. The van der Waals surface area contributed by atoms with E-state index in [2.05, 4.69) is 6.92 Å². The van der Waals surface area contributed by atoms with Crippen molar-refractivity contribution in [2.24, 2.45) is 5.92 Å². The van der Waals surface area contributed by atoms with Gasteiger partial charge in [0, 0.05) is 14.1 Å². The third kappa shape index (κ3) is 8.71. The lowest BCUT2D eigenvalue weighted by Gasteiger charge is -2.21. The molecule has 0 aromatic carbocycles. The first-order chi connectivity index (χ1) is 9.91. The molecule has 21 heavy (non-hydrogen) atoms. The summed E-state index contributed by atoms with van der Waals surface area (Å²) in [6.45, 7) is 2.19. The molecule has 0 heterocycles. The molecule has 0 bridgehead atoms. The van der Waals surface area contributed by atoms with Gasteiger partial charge >= 0.3 is 5.97 Å². The standard InChI is InChI=1S/C16H31NO4/c1-4-5-6-7-8-9-10-11-12-13(18)14(16(20)21)15(19)17(2)3/h13-14,18H,4-12H2,1-3H3,(H,20,21). The lowest BCUT2D eigenvalue weighted by atomic mass is 9.95. The van der Waals surface area contributed by atoms with Gasteiger partial charge in [0.25, 0.3) is 0 Å². The van der Waals surface area contributed by atoms with Crippen LogP contribution >= 0.6 is 0 Å². The molecule has 0 saturated carbocycles. The van der Waals surface area contributed by atoms with Crippen LogP contribution in [0.25, 0.3) is 0 Å². The molecule has 2 unspecified atom stereocenters. The van der Waals surface area contributed by atoms with Crippen molar-refractivity contribution < 1.29 is 19.8 Å². The topological polar surface area (TPSA) is 77.8 Å². The van der Waals surface area contributed by atoms with E-state index >= 15 is 0 Å². The second-order valence-electron chi connectivity index (χ2n) is 5.88. The molecule has 0 saturated heterocycles. The van der Waals surface area contributed by atoms with Gasteiger partial charge in [0.15, 0.2) is 5.92 Å². The Labute approximate surface area is 128 Å². The second kappa shape index (κ2) is 11.5. The molecule has 1 amide bonds. The molecule has 0 aromatic heterocycles. The van der Waals surface area contributed by atoms with Gasteiger partial charge < -0.3 is 15.1 Å². The minimum atomic E-state index is -1.34. The van der Waals surface area contributed by atoms with Crippen molar-refractivity contribution in [2.45, 2.75) is 70.8 Å². The lowest BCUT2D eigenvalue weighted by Crippen LogP contribution is -2.41. The number of hydrogen-bond acceptors (Lipinski definition) is 3. The summed E-state index contributed by atoms with van der Waals surface area (Å²) in [4.78, 5) is 24.1. The summed E-state index contributed by atoms with van der Waals surface area (Å²) >= 11 is 0. The number of hydrogen-bond donors (Lipinski definition) is 2. The molecule has 0 spiro atoms. The number of aliphatic carboxylic acids is 1. The summed E-state index contributed by atoms with van der Waals surface area (Å²) in [5.41, 5.74) is 0. The van der Waals surface area contributed by atoms with Gasteiger partial charge in [-0.3, -0.25) is 9.59 Å². The molecule has 0 rings (SSSR count). The van der Waals surface area contributed by atoms with Gasteiger partial charge in [-0.1, -0.05) is 58.3 Å². The van der Waals surface area contributed by atoms with Crippen molar-refractivity contribution in [3.05, 3.63) is 0 Å². The summed E-state index contributed by atoms with van der Waals surface area (Å²) < 4.78 is 0. The minimum absolute atomic E-state index is 0.367. The number of carboxylic acid groups (broad SMARTS) is 1. The monoisotopic (exact) mass is 301 g/mol. The van der Waals surface area contributed by atoms with Crippen LogP contribution in [0.15, 0.2) is 0 Å². The van der Waals surface area contributed by atoms with Crippen LogP contribution in [0.3, 0.4) is 0 Å². The number of carbonyl (C=O) groups is 2. The fourth-order valence-corrected chi connectivity index (χ4v) is 2.37. The zero-order valence-electron chi connectivity index (χ0n) is 13.7. The highest BCUT2D eigenvalue weighted by molar-refractivity contribution is 5.97. The van der Waals surface area contributed by atoms with Crippen LogP contribution in [0.2, 0.25) is 0 Å². The third-order valence-corrected chi connectivity index (χ3v) is 3.71. The Bertz CT molecular complexity index is 305. The van der Waals surface area contributed by atoms with Crippen molar-refractivity contribution in [3.8, 4) is 0 Å². The van der Waals surface area contributed by atoms with Gasteiger partial charge in [-0.05, 0) is 6.42 Å². The number of carbonyl (C=O) groups excluding carboxylic acids is 1. The van der Waals surface area contributed by atoms with Gasteiger partial charge in [-0.2, -0.15) is 0 Å². The van der Waals surface area contributed by atoms with Crippen LogP contribution in [-0.2, 0) is 9.59 Å². The van der Waals surface area contributed by atoms with E-state index in [9.17, 15) is 14.7 Å². The second-order valence-corrected chi connectivity index (χ2v) is 5.88. The minimum Gasteiger partial charge on any atom is -0.481 e. The van der Waals surface area contributed by atoms with Gasteiger partial charge in [0.2, 0.25) is 5.91 Å². The fraction of sp³-hybridized carbons (Fsp3) is 0.875. The number of carboxylic acids is 1. The largest absolute Gasteiger partial charge is 0.481 e. The predicted molar refractivity (Wildman–Crippen MR) is 83.1 cm³/mol. The molecule has 2 atom stereocenters. The number of nitrogens with zero attached hydrogens (tertiary/aromatic N) is 1. The number of amides is 1. The first kappa shape index (κ1) is 19.9. The SMILES string of the molecule is CCCCCCCCCCC(O)C(C(=O)O)C(=O)N(C)C. The number of aliphatic hydroxyl groups is 1. The highest BCUT2D eigenvalue weighted by Gasteiger charge is 2.34. The van der Waals surface area contributed by atoms with Crippen molar-refractivity contribution in [1.82, 2.24) is 4.90 Å². The highest BCUT2D eigenvalue weighted by atomic mass is 16.4. The van der Waals surface area contributed by atoms with Crippen molar-refractivity contribution >= 4 is 11.9 Å². The first-order valence-corrected chi connectivity index (χ1v) is 8.03. The zero-order chi connectivity index (χ0) is 16.3. The predicted octanol–water partition coefficient (Wildman–Crippen LogP) is 2.67. The number of aliphatic hydroxyl groups excluding tert-OH is 1. The third-order valence-electron chi connectivity index (χ3n) is 3.71. The Morgan fingerprint density at radius 3 is 1.86 bits per heavy atom.